The number of nitro benzene ring substituents is 1. The summed E-state index contributed by atoms with van der Waals surface area (Å²) in [6.45, 7) is 0. The first-order valence-corrected chi connectivity index (χ1v) is 6.14. The van der Waals surface area contributed by atoms with E-state index in [4.69, 9.17) is 33.8 Å². The molecule has 0 atom stereocenters. The number of nitrogens with two attached hydrogens (primary N) is 1. The summed E-state index contributed by atoms with van der Waals surface area (Å²) in [5.41, 5.74) is 2.53. The Balaban J connectivity index is 2.37. The van der Waals surface area contributed by atoms with Gasteiger partial charge in [-0.1, -0.05) is 23.2 Å². The first kappa shape index (κ1) is 14.4. The molecule has 0 amide bonds. The number of anilines is 1. The van der Waals surface area contributed by atoms with E-state index in [0.717, 1.165) is 0 Å². The Kier molecular flexibility index (Phi) is 4.29. The zero-order chi connectivity index (χ0) is 14.7. The van der Waals surface area contributed by atoms with Crippen LogP contribution in [0.4, 0.5) is 11.4 Å². The molecule has 0 heterocycles. The van der Waals surface area contributed by atoms with Gasteiger partial charge in [0.1, 0.15) is 11.5 Å². The Morgan fingerprint density at radius 1 is 1.20 bits per heavy atom. The average molecular weight is 314 g/mol. The standard InChI is InChI=1S/C12H9Cl2N3O3/c13-7-1-2-12(11(14)3-7)20-10-5-8(16-15)4-9(6-10)17(18)19/h1-6,16H,15H2. The lowest BCUT2D eigenvalue weighted by Gasteiger charge is -2.09. The van der Waals surface area contributed by atoms with Crippen molar-refractivity contribution in [1.29, 1.82) is 0 Å². The largest absolute Gasteiger partial charge is 0.455 e. The topological polar surface area (TPSA) is 90.4 Å². The Bertz CT molecular complexity index is 664. The average Bonchev–Trinajstić information content (AvgIpc) is 2.41. The van der Waals surface area contributed by atoms with Crippen LogP contribution >= 0.6 is 23.2 Å². The van der Waals surface area contributed by atoms with E-state index in [-0.39, 0.29) is 11.4 Å². The third kappa shape index (κ3) is 3.30. The van der Waals surface area contributed by atoms with Crippen LogP contribution in [0.25, 0.3) is 0 Å². The maximum atomic E-state index is 10.8. The Morgan fingerprint density at radius 3 is 2.55 bits per heavy atom. The third-order valence-electron chi connectivity index (χ3n) is 2.39. The summed E-state index contributed by atoms with van der Waals surface area (Å²) >= 11 is 11.8. The molecular formula is C12H9Cl2N3O3. The number of nitrogens with one attached hydrogen (secondary N) is 1. The first-order chi connectivity index (χ1) is 9.49. The van der Waals surface area contributed by atoms with Gasteiger partial charge in [-0.3, -0.25) is 16.0 Å². The van der Waals surface area contributed by atoms with E-state index in [1.54, 1.807) is 12.1 Å². The third-order valence-corrected chi connectivity index (χ3v) is 2.92. The molecule has 0 aliphatic heterocycles. The van der Waals surface area contributed by atoms with E-state index in [1.807, 2.05) is 0 Å². The highest BCUT2D eigenvalue weighted by atomic mass is 35.5. The summed E-state index contributed by atoms with van der Waals surface area (Å²) in [4.78, 5) is 10.3. The van der Waals surface area contributed by atoms with E-state index in [2.05, 4.69) is 5.43 Å². The molecule has 3 N–H and O–H groups in total. The van der Waals surface area contributed by atoms with Crippen LogP contribution in [0.15, 0.2) is 36.4 Å². The first-order valence-electron chi connectivity index (χ1n) is 5.38. The van der Waals surface area contributed by atoms with Crippen molar-refractivity contribution < 1.29 is 9.66 Å². The number of hydrogen-bond donors (Lipinski definition) is 2. The number of nitrogens with zero attached hydrogens (tertiary/aromatic N) is 1. The van der Waals surface area contributed by atoms with Crippen LogP contribution in [0.2, 0.25) is 10.0 Å². The molecule has 0 aromatic heterocycles. The maximum Gasteiger partial charge on any atom is 0.275 e. The molecule has 0 fully saturated rings. The predicted octanol–water partition coefficient (Wildman–Crippen LogP) is 3.98. The Labute approximate surface area is 124 Å². The van der Waals surface area contributed by atoms with Gasteiger partial charge in [-0.25, -0.2) is 0 Å². The predicted molar refractivity (Wildman–Crippen MR) is 77.4 cm³/mol. The molecule has 0 spiro atoms. The molecule has 2 aromatic rings. The van der Waals surface area contributed by atoms with Crippen molar-refractivity contribution in [2.45, 2.75) is 0 Å². The number of nitro groups is 1. The summed E-state index contributed by atoms with van der Waals surface area (Å²) in [6.07, 6.45) is 0. The van der Waals surface area contributed by atoms with Crippen LogP contribution in [-0.2, 0) is 0 Å². The van der Waals surface area contributed by atoms with Gasteiger partial charge in [-0.2, -0.15) is 0 Å². The quantitative estimate of drug-likeness (QED) is 0.506. The van der Waals surface area contributed by atoms with Gasteiger partial charge in [0, 0.05) is 17.2 Å². The molecule has 6 nitrogen and oxygen atoms in total. The van der Waals surface area contributed by atoms with E-state index in [0.29, 0.717) is 21.5 Å². The van der Waals surface area contributed by atoms with E-state index in [1.165, 1.54) is 24.3 Å². The highest BCUT2D eigenvalue weighted by Gasteiger charge is 2.12. The van der Waals surface area contributed by atoms with Gasteiger partial charge in [0.05, 0.1) is 21.7 Å². The number of ether oxygens (including phenoxy) is 1. The summed E-state index contributed by atoms with van der Waals surface area (Å²) in [6, 6.07) is 8.75. The van der Waals surface area contributed by atoms with Gasteiger partial charge in [-0.05, 0) is 18.2 Å². The van der Waals surface area contributed by atoms with Gasteiger partial charge < -0.3 is 10.2 Å². The van der Waals surface area contributed by atoms with Crippen molar-refractivity contribution in [1.82, 2.24) is 0 Å². The van der Waals surface area contributed by atoms with Crippen molar-refractivity contribution in [3.63, 3.8) is 0 Å². The fourth-order valence-corrected chi connectivity index (χ4v) is 1.96. The van der Waals surface area contributed by atoms with Gasteiger partial charge in [-0.15, -0.1) is 0 Å². The second-order valence-corrected chi connectivity index (χ2v) is 4.64. The molecule has 0 aliphatic carbocycles. The molecule has 0 saturated heterocycles. The lowest BCUT2D eigenvalue weighted by atomic mass is 10.2. The number of nitrogen functional groups attached to an aromatic ring is 1. The van der Waals surface area contributed by atoms with Crippen LogP contribution in [0.1, 0.15) is 0 Å². The fraction of sp³-hybridized carbons (Fsp3) is 0. The fourth-order valence-electron chi connectivity index (χ4n) is 1.52. The second kappa shape index (κ2) is 5.96. The molecule has 2 rings (SSSR count). The molecule has 2 aromatic carbocycles. The molecule has 0 unspecified atom stereocenters. The number of non-ortho nitro benzene ring substituents is 1. The number of benzene rings is 2. The van der Waals surface area contributed by atoms with E-state index < -0.39 is 4.92 Å². The second-order valence-electron chi connectivity index (χ2n) is 3.79. The molecule has 0 bridgehead atoms. The molecule has 0 radical (unpaired) electrons. The number of rotatable bonds is 4. The summed E-state index contributed by atoms with van der Waals surface area (Å²) < 4.78 is 5.51. The van der Waals surface area contributed by atoms with E-state index >= 15 is 0 Å². The van der Waals surface area contributed by atoms with Crippen LogP contribution < -0.4 is 16.0 Å². The Morgan fingerprint density at radius 2 is 1.95 bits per heavy atom. The number of hydrazine groups is 1. The van der Waals surface area contributed by atoms with Crippen molar-refractivity contribution in [2.75, 3.05) is 5.43 Å². The van der Waals surface area contributed by atoms with E-state index in [9.17, 15) is 10.1 Å². The van der Waals surface area contributed by atoms with Crippen LogP contribution in [0.5, 0.6) is 11.5 Å². The van der Waals surface area contributed by atoms with Gasteiger partial charge in [0.2, 0.25) is 0 Å². The lowest BCUT2D eigenvalue weighted by molar-refractivity contribution is -0.384. The smallest absolute Gasteiger partial charge is 0.275 e. The molecule has 0 aliphatic rings. The molecule has 20 heavy (non-hydrogen) atoms. The molecular weight excluding hydrogens is 305 g/mol. The monoisotopic (exact) mass is 313 g/mol. The zero-order valence-corrected chi connectivity index (χ0v) is 11.5. The highest BCUT2D eigenvalue weighted by molar-refractivity contribution is 6.35. The van der Waals surface area contributed by atoms with Gasteiger partial charge in [0.15, 0.2) is 0 Å². The van der Waals surface area contributed by atoms with Crippen molar-refractivity contribution in [2.24, 2.45) is 5.84 Å². The minimum Gasteiger partial charge on any atom is -0.455 e. The van der Waals surface area contributed by atoms with Gasteiger partial charge in [0.25, 0.3) is 5.69 Å². The van der Waals surface area contributed by atoms with Crippen molar-refractivity contribution >= 4 is 34.6 Å². The summed E-state index contributed by atoms with van der Waals surface area (Å²) in [5, 5.41) is 11.6. The molecule has 8 heteroatoms. The number of hydrogen-bond acceptors (Lipinski definition) is 5. The molecule has 104 valence electrons. The normalized spacial score (nSPS) is 10.2. The zero-order valence-electron chi connectivity index (χ0n) is 9.97. The highest BCUT2D eigenvalue weighted by Crippen LogP contribution is 2.34. The van der Waals surface area contributed by atoms with Crippen LogP contribution in [-0.4, -0.2) is 4.92 Å². The summed E-state index contributed by atoms with van der Waals surface area (Å²) in [5.74, 6) is 5.82. The SMILES string of the molecule is NNc1cc(Oc2ccc(Cl)cc2Cl)cc([N+](=O)[O-])c1. The molecule has 0 saturated carbocycles. The van der Waals surface area contributed by atoms with Gasteiger partial charge >= 0.3 is 0 Å². The van der Waals surface area contributed by atoms with Crippen molar-refractivity contribution in [3.8, 4) is 11.5 Å². The van der Waals surface area contributed by atoms with Crippen molar-refractivity contribution in [3.05, 3.63) is 56.6 Å². The maximum absolute atomic E-state index is 10.8. The lowest BCUT2D eigenvalue weighted by Crippen LogP contribution is -2.07. The van der Waals surface area contributed by atoms with Crippen LogP contribution in [0.3, 0.4) is 0 Å². The minimum absolute atomic E-state index is 0.152. The summed E-state index contributed by atoms with van der Waals surface area (Å²) in [7, 11) is 0. The minimum atomic E-state index is -0.544. The number of halogens is 2. The van der Waals surface area contributed by atoms with Crippen LogP contribution in [0, 0.1) is 10.1 Å². The Hall–Kier alpha value is -2.02.